The lowest BCUT2D eigenvalue weighted by Gasteiger charge is -2.17. The quantitative estimate of drug-likeness (QED) is 0.372. The Labute approximate surface area is 119 Å². The Morgan fingerprint density at radius 1 is 1.14 bits per heavy atom. The summed E-state index contributed by atoms with van der Waals surface area (Å²) in [5, 5.41) is 23.7. The summed E-state index contributed by atoms with van der Waals surface area (Å²) < 4.78 is 11.9. The third kappa shape index (κ3) is 8.39. The molecule has 10 heteroatoms. The lowest BCUT2D eigenvalue weighted by molar-refractivity contribution is -0.140. The minimum Gasteiger partial charge on any atom is -0.481 e. The van der Waals surface area contributed by atoms with Crippen molar-refractivity contribution in [2.45, 2.75) is 31.8 Å². The van der Waals surface area contributed by atoms with Crippen LogP contribution in [0.1, 0.15) is 19.8 Å². The van der Waals surface area contributed by atoms with Crippen LogP contribution in [0.2, 0.25) is 0 Å². The third-order valence-corrected chi connectivity index (χ3v) is 2.38. The monoisotopic (exact) mass is 307 g/mol. The van der Waals surface area contributed by atoms with Crippen molar-refractivity contribution < 1.29 is 33.8 Å². The molecule has 0 aliphatic rings. The van der Waals surface area contributed by atoms with Crippen molar-refractivity contribution in [3.63, 3.8) is 0 Å². The molecule has 2 atom stereocenters. The molecule has 0 saturated carbocycles. The standard InChI is InChI=1S/C11H18FN3O6/c1-6(9(18)13-5-4-12)14-11(21)15-7(10(19)20)2-3-8(16)17/h6-7H,2-5H2,1H3,(H,13,18)(H,16,17)(H,19,20)(H2,14,15,21)/t6?,7-/m0/s1. The maximum Gasteiger partial charge on any atom is 0.326 e. The summed E-state index contributed by atoms with van der Waals surface area (Å²) in [6, 6.07) is -3.32. The fourth-order valence-corrected chi connectivity index (χ4v) is 1.31. The SMILES string of the molecule is CC(NC(=O)N[C@@H](CCC(=O)O)C(=O)O)C(=O)NCCF. The molecule has 0 rings (SSSR count). The van der Waals surface area contributed by atoms with E-state index >= 15 is 0 Å². The average molecular weight is 307 g/mol. The van der Waals surface area contributed by atoms with Crippen molar-refractivity contribution >= 4 is 23.9 Å². The molecule has 0 aromatic heterocycles. The summed E-state index contributed by atoms with van der Waals surface area (Å²) >= 11 is 0. The molecule has 5 N–H and O–H groups in total. The van der Waals surface area contributed by atoms with E-state index in [2.05, 4.69) is 10.6 Å². The molecule has 0 aliphatic heterocycles. The number of rotatable bonds is 9. The van der Waals surface area contributed by atoms with Crippen LogP contribution >= 0.6 is 0 Å². The van der Waals surface area contributed by atoms with E-state index in [9.17, 15) is 23.6 Å². The van der Waals surface area contributed by atoms with Gasteiger partial charge in [-0.25, -0.2) is 14.0 Å². The van der Waals surface area contributed by atoms with Crippen LogP contribution in [0.15, 0.2) is 0 Å². The number of carbonyl (C=O) groups excluding carboxylic acids is 2. The Hall–Kier alpha value is -2.39. The fourth-order valence-electron chi connectivity index (χ4n) is 1.31. The van der Waals surface area contributed by atoms with Crippen LogP contribution < -0.4 is 16.0 Å². The number of aliphatic carboxylic acids is 2. The first-order chi connectivity index (χ1) is 9.77. The van der Waals surface area contributed by atoms with Crippen molar-refractivity contribution in [3.8, 4) is 0 Å². The minimum absolute atomic E-state index is 0.192. The molecule has 0 heterocycles. The molecule has 0 fully saturated rings. The predicted octanol–water partition coefficient (Wildman–Crippen LogP) is -0.922. The average Bonchev–Trinajstić information content (AvgIpc) is 2.39. The van der Waals surface area contributed by atoms with E-state index in [0.717, 1.165) is 0 Å². The van der Waals surface area contributed by atoms with Gasteiger partial charge < -0.3 is 26.2 Å². The van der Waals surface area contributed by atoms with Gasteiger partial charge in [0.1, 0.15) is 18.8 Å². The van der Waals surface area contributed by atoms with Gasteiger partial charge in [-0.05, 0) is 13.3 Å². The first kappa shape index (κ1) is 18.6. The van der Waals surface area contributed by atoms with E-state index in [0.29, 0.717) is 0 Å². The lowest BCUT2D eigenvalue weighted by atomic mass is 10.1. The van der Waals surface area contributed by atoms with Gasteiger partial charge in [-0.1, -0.05) is 0 Å². The number of hydrogen-bond acceptors (Lipinski definition) is 4. The first-order valence-corrected chi connectivity index (χ1v) is 6.13. The van der Waals surface area contributed by atoms with Gasteiger partial charge in [0.2, 0.25) is 5.91 Å². The van der Waals surface area contributed by atoms with Gasteiger partial charge in [0, 0.05) is 13.0 Å². The van der Waals surface area contributed by atoms with E-state index in [-0.39, 0.29) is 13.0 Å². The zero-order chi connectivity index (χ0) is 16.4. The number of halogens is 1. The summed E-state index contributed by atoms with van der Waals surface area (Å²) in [6.45, 7) is 0.393. The van der Waals surface area contributed by atoms with Gasteiger partial charge in [0.25, 0.3) is 0 Å². The zero-order valence-electron chi connectivity index (χ0n) is 11.4. The van der Waals surface area contributed by atoms with Crippen molar-refractivity contribution in [1.29, 1.82) is 0 Å². The van der Waals surface area contributed by atoms with Crippen molar-refractivity contribution in [1.82, 2.24) is 16.0 Å². The summed E-state index contributed by atoms with van der Waals surface area (Å²) in [7, 11) is 0. The summed E-state index contributed by atoms with van der Waals surface area (Å²) in [5.74, 6) is -3.21. The number of nitrogens with one attached hydrogen (secondary N) is 3. The highest BCUT2D eigenvalue weighted by Crippen LogP contribution is 1.98. The number of urea groups is 1. The van der Waals surface area contributed by atoms with Crippen molar-refractivity contribution in [2.24, 2.45) is 0 Å². The molecule has 1 unspecified atom stereocenters. The molecule has 0 saturated heterocycles. The Bertz CT molecular complexity index is 403. The second-order valence-corrected chi connectivity index (χ2v) is 4.14. The number of carbonyl (C=O) groups is 4. The molecule has 120 valence electrons. The second kappa shape index (κ2) is 9.50. The largest absolute Gasteiger partial charge is 0.481 e. The summed E-state index contributed by atoms with van der Waals surface area (Å²) in [5.41, 5.74) is 0. The Balaban J connectivity index is 4.33. The van der Waals surface area contributed by atoms with Crippen LogP contribution in [0, 0.1) is 0 Å². The van der Waals surface area contributed by atoms with Gasteiger partial charge in [-0.15, -0.1) is 0 Å². The van der Waals surface area contributed by atoms with Crippen LogP contribution in [-0.2, 0) is 14.4 Å². The van der Waals surface area contributed by atoms with E-state index in [1.807, 2.05) is 5.32 Å². The third-order valence-electron chi connectivity index (χ3n) is 2.38. The number of hydrogen-bond donors (Lipinski definition) is 5. The molecule has 0 radical (unpaired) electrons. The van der Waals surface area contributed by atoms with Crippen LogP contribution in [-0.4, -0.2) is 59.4 Å². The molecule has 3 amide bonds. The summed E-state index contributed by atoms with van der Waals surface area (Å²) in [6.07, 6.45) is -0.718. The molecule has 21 heavy (non-hydrogen) atoms. The lowest BCUT2D eigenvalue weighted by Crippen LogP contribution is -2.52. The number of amides is 3. The molecule has 0 bridgehead atoms. The smallest absolute Gasteiger partial charge is 0.326 e. The van der Waals surface area contributed by atoms with Gasteiger partial charge >= 0.3 is 18.0 Å². The number of carboxylic acid groups (broad SMARTS) is 2. The highest BCUT2D eigenvalue weighted by atomic mass is 19.1. The Morgan fingerprint density at radius 2 is 1.76 bits per heavy atom. The van der Waals surface area contributed by atoms with Crippen LogP contribution in [0.4, 0.5) is 9.18 Å². The van der Waals surface area contributed by atoms with E-state index < -0.39 is 49.1 Å². The second-order valence-electron chi connectivity index (χ2n) is 4.14. The highest BCUT2D eigenvalue weighted by molar-refractivity contribution is 5.88. The molecule has 0 aromatic rings. The van der Waals surface area contributed by atoms with Gasteiger partial charge in [-0.3, -0.25) is 9.59 Å². The first-order valence-electron chi connectivity index (χ1n) is 6.13. The molecule has 9 nitrogen and oxygen atoms in total. The minimum atomic E-state index is -1.39. The van der Waals surface area contributed by atoms with Crippen molar-refractivity contribution in [3.05, 3.63) is 0 Å². The van der Waals surface area contributed by atoms with Crippen LogP contribution in [0.5, 0.6) is 0 Å². The highest BCUT2D eigenvalue weighted by Gasteiger charge is 2.22. The van der Waals surface area contributed by atoms with Crippen molar-refractivity contribution in [2.75, 3.05) is 13.2 Å². The molecular weight excluding hydrogens is 289 g/mol. The number of alkyl halides is 1. The number of carboxylic acids is 2. The molecule has 0 aromatic carbocycles. The van der Waals surface area contributed by atoms with E-state index in [1.165, 1.54) is 6.92 Å². The molecular formula is C11H18FN3O6. The molecule has 0 spiro atoms. The fraction of sp³-hybridized carbons (Fsp3) is 0.636. The summed E-state index contributed by atoms with van der Waals surface area (Å²) in [4.78, 5) is 44.1. The van der Waals surface area contributed by atoms with E-state index in [1.54, 1.807) is 0 Å². The van der Waals surface area contributed by atoms with Gasteiger partial charge in [-0.2, -0.15) is 0 Å². The van der Waals surface area contributed by atoms with Crippen LogP contribution in [0.25, 0.3) is 0 Å². The maximum absolute atomic E-state index is 11.9. The van der Waals surface area contributed by atoms with E-state index in [4.69, 9.17) is 10.2 Å². The Morgan fingerprint density at radius 3 is 2.24 bits per heavy atom. The topological polar surface area (TPSA) is 145 Å². The molecule has 0 aliphatic carbocycles. The normalized spacial score (nSPS) is 12.9. The zero-order valence-corrected chi connectivity index (χ0v) is 11.4. The Kier molecular flexibility index (Phi) is 8.42. The predicted molar refractivity (Wildman–Crippen MR) is 68.4 cm³/mol. The van der Waals surface area contributed by atoms with Gasteiger partial charge in [0.15, 0.2) is 0 Å². The van der Waals surface area contributed by atoms with Crippen LogP contribution in [0.3, 0.4) is 0 Å². The maximum atomic E-state index is 11.9. The van der Waals surface area contributed by atoms with Gasteiger partial charge in [0.05, 0.1) is 0 Å².